The Balaban J connectivity index is 1.43. The zero-order valence-electron chi connectivity index (χ0n) is 24.0. The van der Waals surface area contributed by atoms with Crippen molar-refractivity contribution in [2.24, 2.45) is 0 Å². The summed E-state index contributed by atoms with van der Waals surface area (Å²) in [5.41, 5.74) is 3.46. The van der Waals surface area contributed by atoms with E-state index in [0.29, 0.717) is 54.8 Å². The predicted octanol–water partition coefficient (Wildman–Crippen LogP) is 4.22. The van der Waals surface area contributed by atoms with Crippen LogP contribution in [-0.4, -0.2) is 84.2 Å². The molecule has 0 bridgehead atoms. The molecule has 5 rings (SSSR count). The Labute approximate surface area is 243 Å². The van der Waals surface area contributed by atoms with Gasteiger partial charge in [-0.2, -0.15) is 5.10 Å². The van der Waals surface area contributed by atoms with Crippen molar-refractivity contribution in [3.05, 3.63) is 83.7 Å². The van der Waals surface area contributed by atoms with Gasteiger partial charge in [0.25, 0.3) is 0 Å². The molecule has 0 aliphatic carbocycles. The monoisotopic (exact) mass is 576 g/mol. The molecule has 0 radical (unpaired) electrons. The van der Waals surface area contributed by atoms with Crippen LogP contribution >= 0.6 is 0 Å². The Morgan fingerprint density at radius 1 is 1.07 bits per heavy atom. The van der Waals surface area contributed by atoms with Gasteiger partial charge in [0.05, 0.1) is 18.3 Å². The number of carbonyl (C=O) groups excluding carboxylic acids is 1. The zero-order chi connectivity index (χ0) is 29.8. The van der Waals surface area contributed by atoms with Crippen molar-refractivity contribution < 1.29 is 18.3 Å². The SMILES string of the molecule is COCCN1CC(NC(=O)Nc2c(C)c(-c3cnc(N(C)C)nc3)nn2-c2ccccc2)C(c2ccc(F)c(F)c2)C1. The average molecular weight is 577 g/mol. The number of rotatable bonds is 9. The van der Waals surface area contributed by atoms with Crippen LogP contribution in [0.4, 0.5) is 25.3 Å². The standard InChI is InChI=1S/C30H34F2N8O2/c1-19-27(21-15-33-29(34-16-21)38(2)3)37-40(22-8-6-5-7-9-22)28(19)36-30(41)35-26-18-39(12-13-42-4)17-23(26)20-10-11-24(31)25(32)14-20/h5-11,14-16,23,26H,12-13,17-18H2,1-4H3,(H2,35,36,41). The Morgan fingerprint density at radius 2 is 1.81 bits per heavy atom. The van der Waals surface area contributed by atoms with Gasteiger partial charge in [0, 0.05) is 70.3 Å². The number of methoxy groups -OCH3 is 1. The Hall–Kier alpha value is -4.42. The Bertz CT molecular complexity index is 1530. The first-order valence-corrected chi connectivity index (χ1v) is 13.6. The van der Waals surface area contributed by atoms with E-state index in [1.54, 1.807) is 30.3 Å². The van der Waals surface area contributed by atoms with Crippen LogP contribution in [0.15, 0.2) is 60.9 Å². The van der Waals surface area contributed by atoms with Gasteiger partial charge in [-0.15, -0.1) is 0 Å². The number of ether oxygens (including phenoxy) is 1. The minimum absolute atomic E-state index is 0.245. The van der Waals surface area contributed by atoms with Crippen molar-refractivity contribution in [3.8, 4) is 16.9 Å². The first-order valence-electron chi connectivity index (χ1n) is 13.6. The fourth-order valence-electron chi connectivity index (χ4n) is 5.17. The van der Waals surface area contributed by atoms with E-state index in [1.807, 2.05) is 56.3 Å². The molecule has 220 valence electrons. The minimum Gasteiger partial charge on any atom is -0.383 e. The summed E-state index contributed by atoms with van der Waals surface area (Å²) in [4.78, 5) is 26.3. The van der Waals surface area contributed by atoms with Crippen molar-refractivity contribution in [2.45, 2.75) is 18.9 Å². The van der Waals surface area contributed by atoms with Gasteiger partial charge >= 0.3 is 6.03 Å². The molecule has 2 N–H and O–H groups in total. The molecule has 42 heavy (non-hydrogen) atoms. The summed E-state index contributed by atoms with van der Waals surface area (Å²) < 4.78 is 34.7. The maximum Gasteiger partial charge on any atom is 0.320 e. The number of carbonyl (C=O) groups is 1. The molecule has 0 saturated carbocycles. The number of aromatic nitrogens is 4. The number of nitrogens with zero attached hydrogens (tertiary/aromatic N) is 6. The second-order valence-electron chi connectivity index (χ2n) is 10.5. The summed E-state index contributed by atoms with van der Waals surface area (Å²) in [6, 6.07) is 12.6. The van der Waals surface area contributed by atoms with Gasteiger partial charge in [-0.1, -0.05) is 24.3 Å². The third kappa shape index (κ3) is 6.24. The van der Waals surface area contributed by atoms with Crippen LogP contribution in [0.25, 0.3) is 16.9 Å². The molecule has 10 nitrogen and oxygen atoms in total. The number of para-hydroxylation sites is 1. The molecule has 1 fully saturated rings. The van der Waals surface area contributed by atoms with Crippen molar-refractivity contribution in [1.82, 2.24) is 30.0 Å². The zero-order valence-corrected chi connectivity index (χ0v) is 24.0. The quantitative estimate of drug-likeness (QED) is 0.308. The van der Waals surface area contributed by atoms with Gasteiger partial charge < -0.3 is 15.0 Å². The van der Waals surface area contributed by atoms with E-state index < -0.39 is 17.7 Å². The molecule has 2 aromatic carbocycles. The highest BCUT2D eigenvalue weighted by atomic mass is 19.2. The summed E-state index contributed by atoms with van der Waals surface area (Å²) in [5, 5.41) is 10.9. The lowest BCUT2D eigenvalue weighted by atomic mass is 9.94. The van der Waals surface area contributed by atoms with Crippen LogP contribution in [0.2, 0.25) is 0 Å². The maximum atomic E-state index is 14.1. The summed E-state index contributed by atoms with van der Waals surface area (Å²) >= 11 is 0. The largest absolute Gasteiger partial charge is 0.383 e. The summed E-state index contributed by atoms with van der Waals surface area (Å²) in [5.74, 6) is -1.00. The number of hydrogen-bond acceptors (Lipinski definition) is 7. The molecule has 1 aliphatic rings. The lowest BCUT2D eigenvalue weighted by Gasteiger charge is -2.21. The van der Waals surface area contributed by atoms with Gasteiger partial charge in [0.1, 0.15) is 11.5 Å². The van der Waals surface area contributed by atoms with Crippen molar-refractivity contribution >= 4 is 17.8 Å². The molecular weight excluding hydrogens is 542 g/mol. The minimum atomic E-state index is -0.913. The van der Waals surface area contributed by atoms with Gasteiger partial charge in [-0.3, -0.25) is 10.2 Å². The first-order chi connectivity index (χ1) is 20.2. The van der Waals surface area contributed by atoms with Crippen LogP contribution in [0.5, 0.6) is 0 Å². The van der Waals surface area contributed by atoms with Gasteiger partial charge in [-0.25, -0.2) is 28.2 Å². The van der Waals surface area contributed by atoms with E-state index in [0.717, 1.165) is 17.3 Å². The van der Waals surface area contributed by atoms with Crippen molar-refractivity contribution in [1.29, 1.82) is 0 Å². The third-order valence-corrected chi connectivity index (χ3v) is 7.36. The molecule has 2 unspecified atom stereocenters. The van der Waals surface area contributed by atoms with Gasteiger partial charge in [-0.05, 0) is 36.8 Å². The average Bonchev–Trinajstić information content (AvgIpc) is 3.54. The second kappa shape index (κ2) is 12.6. The number of benzene rings is 2. The highest BCUT2D eigenvalue weighted by Gasteiger charge is 2.35. The summed E-state index contributed by atoms with van der Waals surface area (Å²) in [7, 11) is 5.36. The fourth-order valence-corrected chi connectivity index (χ4v) is 5.17. The molecule has 0 spiro atoms. The highest BCUT2D eigenvalue weighted by molar-refractivity contribution is 5.91. The van der Waals surface area contributed by atoms with E-state index in [2.05, 4.69) is 25.5 Å². The van der Waals surface area contributed by atoms with E-state index in [1.165, 1.54) is 6.07 Å². The highest BCUT2D eigenvalue weighted by Crippen LogP contribution is 2.32. The fraction of sp³-hybridized carbons (Fsp3) is 0.333. The van der Waals surface area contributed by atoms with E-state index in [4.69, 9.17) is 9.84 Å². The molecule has 3 heterocycles. The third-order valence-electron chi connectivity index (χ3n) is 7.36. The predicted molar refractivity (Wildman–Crippen MR) is 157 cm³/mol. The smallest absolute Gasteiger partial charge is 0.320 e. The van der Waals surface area contributed by atoms with Crippen LogP contribution in [0.3, 0.4) is 0 Å². The molecule has 2 amide bonds. The number of halogens is 2. The van der Waals surface area contributed by atoms with Crippen molar-refractivity contribution in [2.75, 3.05) is 57.7 Å². The van der Waals surface area contributed by atoms with Crippen molar-refractivity contribution in [3.63, 3.8) is 0 Å². The molecular formula is C30H34F2N8O2. The number of anilines is 2. The molecule has 2 atom stereocenters. The lowest BCUT2D eigenvalue weighted by Crippen LogP contribution is -2.42. The number of hydrogen-bond donors (Lipinski definition) is 2. The molecule has 1 aliphatic heterocycles. The molecule has 1 saturated heterocycles. The van der Waals surface area contributed by atoms with Crippen LogP contribution in [-0.2, 0) is 4.74 Å². The molecule has 4 aromatic rings. The van der Waals surface area contributed by atoms with E-state index in [-0.39, 0.29) is 12.0 Å². The molecule has 2 aromatic heterocycles. The van der Waals surface area contributed by atoms with Gasteiger partial charge in [0.2, 0.25) is 5.95 Å². The Kier molecular flexibility index (Phi) is 8.74. The second-order valence-corrected chi connectivity index (χ2v) is 10.5. The topological polar surface area (TPSA) is 100 Å². The number of amides is 2. The van der Waals surface area contributed by atoms with Crippen LogP contribution in [0.1, 0.15) is 17.0 Å². The normalized spacial score (nSPS) is 16.9. The van der Waals surface area contributed by atoms with E-state index in [9.17, 15) is 13.6 Å². The number of urea groups is 1. The number of nitrogens with one attached hydrogen (secondary N) is 2. The van der Waals surface area contributed by atoms with Crippen LogP contribution < -0.4 is 15.5 Å². The van der Waals surface area contributed by atoms with Gasteiger partial charge in [0.15, 0.2) is 11.6 Å². The lowest BCUT2D eigenvalue weighted by molar-refractivity contribution is 0.159. The summed E-state index contributed by atoms with van der Waals surface area (Å²) in [6.45, 7) is 4.13. The number of likely N-dealkylation sites (tertiary alicyclic amines) is 1. The van der Waals surface area contributed by atoms with Crippen LogP contribution in [0, 0.1) is 18.6 Å². The Morgan fingerprint density at radius 3 is 2.48 bits per heavy atom. The molecule has 12 heteroatoms. The maximum absolute atomic E-state index is 14.1. The first kappa shape index (κ1) is 29.1. The summed E-state index contributed by atoms with van der Waals surface area (Å²) in [6.07, 6.45) is 3.41. The van der Waals surface area contributed by atoms with E-state index >= 15 is 0 Å².